The molecule has 15 heavy (non-hydrogen) atoms. The van der Waals surface area contributed by atoms with Crippen LogP contribution in [-0.2, 0) is 4.79 Å². The van der Waals surface area contributed by atoms with Crippen molar-refractivity contribution in [2.45, 2.75) is 53.8 Å². The van der Waals surface area contributed by atoms with Crippen LogP contribution >= 0.6 is 0 Å². The highest BCUT2D eigenvalue weighted by Crippen LogP contribution is 2.32. The zero-order chi connectivity index (χ0) is 12.0. The van der Waals surface area contributed by atoms with E-state index in [9.17, 15) is 4.79 Å². The maximum atomic E-state index is 12.1. The molecule has 1 N–H and O–H groups in total. The molecular weight excluding hydrogens is 188 g/mol. The van der Waals surface area contributed by atoms with Crippen LogP contribution in [0.25, 0.3) is 0 Å². The van der Waals surface area contributed by atoms with E-state index < -0.39 is 0 Å². The molecule has 1 amide bonds. The van der Waals surface area contributed by atoms with Crippen molar-refractivity contribution in [2.24, 2.45) is 10.8 Å². The van der Waals surface area contributed by atoms with Crippen molar-refractivity contribution < 1.29 is 4.79 Å². The van der Waals surface area contributed by atoms with Gasteiger partial charge in [0.15, 0.2) is 0 Å². The Kier molecular flexibility index (Phi) is 2.90. The molecule has 1 aliphatic rings. The van der Waals surface area contributed by atoms with Crippen molar-refractivity contribution in [3.05, 3.63) is 0 Å². The van der Waals surface area contributed by atoms with Crippen LogP contribution in [-0.4, -0.2) is 30.1 Å². The van der Waals surface area contributed by atoms with Crippen molar-refractivity contribution in [1.82, 2.24) is 10.2 Å². The number of nitrogens with one attached hydrogen (secondary N) is 1. The molecule has 88 valence electrons. The maximum absolute atomic E-state index is 12.1. The number of hydrogen-bond donors (Lipinski definition) is 1. The molecule has 1 aliphatic heterocycles. The van der Waals surface area contributed by atoms with E-state index in [2.05, 4.69) is 46.9 Å². The van der Waals surface area contributed by atoms with Crippen molar-refractivity contribution >= 4 is 5.91 Å². The molecule has 0 aromatic rings. The van der Waals surface area contributed by atoms with E-state index in [1.165, 1.54) is 0 Å². The highest BCUT2D eigenvalue weighted by Gasteiger charge is 2.46. The van der Waals surface area contributed by atoms with Crippen LogP contribution in [0.3, 0.4) is 0 Å². The summed E-state index contributed by atoms with van der Waals surface area (Å²) in [4.78, 5) is 13.9. The number of amides is 1. The number of nitrogens with zero attached hydrogens (tertiary/aromatic N) is 1. The molecule has 2 atom stereocenters. The van der Waals surface area contributed by atoms with Gasteiger partial charge in [0.1, 0.15) is 0 Å². The molecular formula is C12H24N2O. The maximum Gasteiger partial charge on any atom is 0.241 e. The van der Waals surface area contributed by atoms with E-state index in [0.717, 1.165) is 0 Å². The van der Waals surface area contributed by atoms with Crippen molar-refractivity contribution in [1.29, 1.82) is 0 Å². The lowest BCUT2D eigenvalue weighted by Gasteiger charge is -2.32. The Morgan fingerprint density at radius 2 is 1.53 bits per heavy atom. The molecule has 0 radical (unpaired) electrons. The summed E-state index contributed by atoms with van der Waals surface area (Å²) in [6.45, 7) is 12.8. The normalized spacial score (nSPS) is 28.7. The first-order valence-corrected chi connectivity index (χ1v) is 5.58. The smallest absolute Gasteiger partial charge is 0.241 e. The Morgan fingerprint density at radius 1 is 1.07 bits per heavy atom. The van der Waals surface area contributed by atoms with Crippen LogP contribution in [0.15, 0.2) is 0 Å². The van der Waals surface area contributed by atoms with Crippen LogP contribution in [0, 0.1) is 10.8 Å². The van der Waals surface area contributed by atoms with Gasteiger partial charge >= 0.3 is 0 Å². The zero-order valence-electron chi connectivity index (χ0n) is 11.0. The number of likely N-dealkylation sites (N-methyl/N-ethyl adjacent to an activating group) is 1. The van der Waals surface area contributed by atoms with Gasteiger partial charge in [0.2, 0.25) is 5.91 Å². The highest BCUT2D eigenvalue weighted by atomic mass is 16.2. The summed E-state index contributed by atoms with van der Waals surface area (Å²) >= 11 is 0. The van der Waals surface area contributed by atoms with Crippen molar-refractivity contribution in [3.63, 3.8) is 0 Å². The van der Waals surface area contributed by atoms with Crippen LogP contribution < -0.4 is 5.32 Å². The molecule has 3 heteroatoms. The average molecular weight is 212 g/mol. The van der Waals surface area contributed by atoms with Gasteiger partial charge in [0, 0.05) is 7.05 Å². The topological polar surface area (TPSA) is 32.3 Å². The number of hydrogen-bond acceptors (Lipinski definition) is 2. The van der Waals surface area contributed by atoms with E-state index >= 15 is 0 Å². The van der Waals surface area contributed by atoms with Gasteiger partial charge in [-0.1, -0.05) is 41.5 Å². The van der Waals surface area contributed by atoms with E-state index in [-0.39, 0.29) is 28.9 Å². The minimum atomic E-state index is -0.0632. The molecule has 0 aromatic heterocycles. The largest absolute Gasteiger partial charge is 0.328 e. The lowest BCUT2D eigenvalue weighted by atomic mass is 9.86. The Hall–Kier alpha value is -0.570. The number of rotatable bonds is 0. The minimum Gasteiger partial charge on any atom is -0.328 e. The average Bonchev–Trinajstić information content (AvgIpc) is 2.26. The summed E-state index contributed by atoms with van der Waals surface area (Å²) in [5.74, 6) is 0.211. The zero-order valence-corrected chi connectivity index (χ0v) is 11.0. The molecule has 1 saturated heterocycles. The summed E-state index contributed by atoms with van der Waals surface area (Å²) in [5.41, 5.74) is 0.0513. The third-order valence-corrected chi connectivity index (χ3v) is 2.99. The monoisotopic (exact) mass is 212 g/mol. The Morgan fingerprint density at radius 3 is 1.73 bits per heavy atom. The molecule has 3 nitrogen and oxygen atoms in total. The summed E-state index contributed by atoms with van der Waals surface area (Å²) in [6.07, 6.45) is 0.134. The lowest BCUT2D eigenvalue weighted by Crippen LogP contribution is -2.47. The summed E-state index contributed by atoms with van der Waals surface area (Å²) in [6, 6.07) is -0.0632. The fraction of sp³-hybridized carbons (Fsp3) is 0.917. The van der Waals surface area contributed by atoms with Gasteiger partial charge in [0.05, 0.1) is 12.2 Å². The molecule has 1 fully saturated rings. The van der Waals surface area contributed by atoms with Gasteiger partial charge in [-0.2, -0.15) is 0 Å². The first-order chi connectivity index (χ1) is 6.55. The van der Waals surface area contributed by atoms with Crippen LogP contribution in [0.4, 0.5) is 0 Å². The molecule has 0 aromatic carbocycles. The summed E-state index contributed by atoms with van der Waals surface area (Å²) in [7, 11) is 1.89. The Bertz CT molecular complexity index is 260. The SMILES string of the molecule is CN1C(=O)[C@H](C(C)(C)C)N[C@@H]1C(C)(C)C. The van der Waals surface area contributed by atoms with Crippen LogP contribution in [0.2, 0.25) is 0 Å². The predicted molar refractivity (Wildman–Crippen MR) is 62.4 cm³/mol. The standard InChI is InChI=1S/C12H24N2O/c1-11(2,3)8-9(15)14(7)10(13-8)12(4,5)6/h8,10,13H,1-7H3/t8-,10+/m1/s1. The molecule has 0 saturated carbocycles. The second kappa shape index (κ2) is 3.48. The number of carbonyl (C=O) groups is 1. The first kappa shape index (κ1) is 12.5. The third kappa shape index (κ3) is 2.33. The predicted octanol–water partition coefficient (Wildman–Crippen LogP) is 1.83. The van der Waals surface area contributed by atoms with Gasteiger partial charge in [-0.15, -0.1) is 0 Å². The minimum absolute atomic E-state index is 0.0225. The van der Waals surface area contributed by atoms with Gasteiger partial charge < -0.3 is 4.90 Å². The van der Waals surface area contributed by atoms with Gasteiger partial charge in [0.25, 0.3) is 0 Å². The summed E-state index contributed by atoms with van der Waals surface area (Å²) in [5, 5.41) is 3.45. The lowest BCUT2D eigenvalue weighted by molar-refractivity contribution is -0.131. The second-order valence-corrected chi connectivity index (χ2v) is 6.68. The van der Waals surface area contributed by atoms with Crippen molar-refractivity contribution in [3.8, 4) is 0 Å². The molecule has 0 unspecified atom stereocenters. The molecule has 0 spiro atoms. The van der Waals surface area contributed by atoms with Gasteiger partial charge in [-0.3, -0.25) is 10.1 Å². The van der Waals surface area contributed by atoms with E-state index in [1.807, 2.05) is 11.9 Å². The number of carbonyl (C=O) groups excluding carboxylic acids is 1. The fourth-order valence-corrected chi connectivity index (χ4v) is 2.12. The van der Waals surface area contributed by atoms with E-state index in [1.54, 1.807) is 0 Å². The Balaban J connectivity index is 2.91. The molecule has 1 heterocycles. The quantitative estimate of drug-likeness (QED) is 0.664. The molecule has 0 bridgehead atoms. The fourth-order valence-electron chi connectivity index (χ4n) is 2.12. The van der Waals surface area contributed by atoms with Gasteiger partial charge in [-0.05, 0) is 10.8 Å². The van der Waals surface area contributed by atoms with Crippen LogP contribution in [0.5, 0.6) is 0 Å². The molecule has 1 rings (SSSR count). The summed E-state index contributed by atoms with van der Waals surface area (Å²) < 4.78 is 0. The van der Waals surface area contributed by atoms with E-state index in [4.69, 9.17) is 0 Å². The van der Waals surface area contributed by atoms with Gasteiger partial charge in [-0.25, -0.2) is 0 Å². The highest BCUT2D eigenvalue weighted by molar-refractivity contribution is 5.85. The first-order valence-electron chi connectivity index (χ1n) is 5.58. The second-order valence-electron chi connectivity index (χ2n) is 6.68. The van der Waals surface area contributed by atoms with Crippen molar-refractivity contribution in [2.75, 3.05) is 7.05 Å². The van der Waals surface area contributed by atoms with E-state index in [0.29, 0.717) is 0 Å². The Labute approximate surface area is 93.2 Å². The third-order valence-electron chi connectivity index (χ3n) is 2.99. The van der Waals surface area contributed by atoms with Crippen LogP contribution in [0.1, 0.15) is 41.5 Å². The molecule has 0 aliphatic carbocycles.